The van der Waals surface area contributed by atoms with Gasteiger partial charge in [-0.2, -0.15) is 0 Å². The number of halogens is 1. The lowest BCUT2D eigenvalue weighted by atomic mass is 10.2. The highest BCUT2D eigenvalue weighted by molar-refractivity contribution is 7.09. The zero-order chi connectivity index (χ0) is 19.4. The van der Waals surface area contributed by atoms with Crippen molar-refractivity contribution >= 4 is 45.8 Å². The molecule has 3 rings (SSSR count). The van der Waals surface area contributed by atoms with E-state index >= 15 is 0 Å². The molecule has 0 aliphatic heterocycles. The van der Waals surface area contributed by atoms with Gasteiger partial charge in [-0.1, -0.05) is 18.5 Å². The number of fused-ring (bicyclic) bond motifs is 1. The maximum Gasteiger partial charge on any atom is 0.258 e. The monoisotopic (exact) mass is 402 g/mol. The summed E-state index contributed by atoms with van der Waals surface area (Å²) in [6.07, 6.45) is 3.99. The van der Waals surface area contributed by atoms with Gasteiger partial charge in [0.15, 0.2) is 0 Å². The predicted molar refractivity (Wildman–Crippen MR) is 109 cm³/mol. The van der Waals surface area contributed by atoms with Crippen LogP contribution in [0, 0.1) is 6.92 Å². The molecule has 2 aromatic heterocycles. The first-order valence-electron chi connectivity index (χ1n) is 8.54. The van der Waals surface area contributed by atoms with Crippen LogP contribution in [0.1, 0.15) is 29.9 Å². The fourth-order valence-electron chi connectivity index (χ4n) is 2.67. The Kier molecular flexibility index (Phi) is 6.03. The van der Waals surface area contributed by atoms with Gasteiger partial charge in [0.1, 0.15) is 5.82 Å². The van der Waals surface area contributed by atoms with Gasteiger partial charge in [0, 0.05) is 23.0 Å². The van der Waals surface area contributed by atoms with Crippen molar-refractivity contribution in [1.29, 1.82) is 0 Å². The lowest BCUT2D eigenvalue weighted by Gasteiger charge is -2.20. The van der Waals surface area contributed by atoms with E-state index in [2.05, 4.69) is 15.0 Å². The summed E-state index contributed by atoms with van der Waals surface area (Å²) in [6, 6.07) is 4.94. The number of thiazole rings is 1. The van der Waals surface area contributed by atoms with Crippen LogP contribution in [0.5, 0.6) is 0 Å². The lowest BCUT2D eigenvalue weighted by Crippen LogP contribution is -2.31. The highest BCUT2D eigenvalue weighted by Crippen LogP contribution is 2.15. The molecule has 1 N–H and O–H groups in total. The van der Waals surface area contributed by atoms with Crippen molar-refractivity contribution in [2.75, 3.05) is 6.54 Å². The maximum atomic E-state index is 12.6. The number of carbonyl (C=O) groups is 1. The van der Waals surface area contributed by atoms with Gasteiger partial charge in [-0.3, -0.25) is 9.59 Å². The number of benzene rings is 1. The van der Waals surface area contributed by atoms with Crippen molar-refractivity contribution in [3.05, 3.63) is 61.6 Å². The molecule has 140 valence electrons. The molecule has 0 saturated heterocycles. The molecule has 0 bridgehead atoms. The molecule has 0 saturated carbocycles. The average Bonchev–Trinajstić information content (AvgIpc) is 3.04. The standard InChI is InChI=1S/C19H19ClN4O2S/c1-3-8-24(18(25)7-5-14-11-27-12(2)21-14)10-17-22-16-9-13(20)4-6-15(16)19(26)23-17/h4-7,9,11H,3,8,10H2,1-2H3,(H,22,23,26)/b7-5+. The summed E-state index contributed by atoms with van der Waals surface area (Å²) in [6.45, 7) is 4.67. The van der Waals surface area contributed by atoms with Crippen molar-refractivity contribution in [3.8, 4) is 0 Å². The number of rotatable bonds is 6. The van der Waals surface area contributed by atoms with Crippen molar-refractivity contribution in [2.45, 2.75) is 26.8 Å². The van der Waals surface area contributed by atoms with Gasteiger partial charge in [-0.15, -0.1) is 11.3 Å². The van der Waals surface area contributed by atoms with Crippen LogP contribution in [0.2, 0.25) is 5.02 Å². The molecule has 0 spiro atoms. The molecule has 0 atom stereocenters. The van der Waals surface area contributed by atoms with Gasteiger partial charge < -0.3 is 9.88 Å². The van der Waals surface area contributed by atoms with Crippen LogP contribution in [0.4, 0.5) is 0 Å². The zero-order valence-corrected chi connectivity index (χ0v) is 16.6. The highest BCUT2D eigenvalue weighted by Gasteiger charge is 2.13. The largest absolute Gasteiger partial charge is 0.332 e. The molecule has 1 aromatic carbocycles. The first-order valence-corrected chi connectivity index (χ1v) is 9.79. The van der Waals surface area contributed by atoms with Crippen molar-refractivity contribution in [3.63, 3.8) is 0 Å². The van der Waals surface area contributed by atoms with E-state index in [1.54, 1.807) is 29.2 Å². The third kappa shape index (κ3) is 4.81. The van der Waals surface area contributed by atoms with Crippen molar-refractivity contribution in [1.82, 2.24) is 19.9 Å². The van der Waals surface area contributed by atoms with Gasteiger partial charge in [0.2, 0.25) is 5.91 Å². The van der Waals surface area contributed by atoms with Gasteiger partial charge in [-0.25, -0.2) is 9.97 Å². The fraction of sp³-hybridized carbons (Fsp3) is 0.263. The second kappa shape index (κ2) is 8.45. The third-order valence-electron chi connectivity index (χ3n) is 3.90. The van der Waals surface area contributed by atoms with Crippen LogP contribution >= 0.6 is 22.9 Å². The Morgan fingerprint density at radius 3 is 2.89 bits per heavy atom. The molecular formula is C19H19ClN4O2S. The van der Waals surface area contributed by atoms with E-state index in [1.807, 2.05) is 19.2 Å². The van der Waals surface area contributed by atoms with Crippen LogP contribution in [0.3, 0.4) is 0 Å². The minimum atomic E-state index is -0.246. The number of aryl methyl sites for hydroxylation is 1. The minimum Gasteiger partial charge on any atom is -0.332 e. The lowest BCUT2D eigenvalue weighted by molar-refractivity contribution is -0.126. The van der Waals surface area contributed by atoms with Crippen LogP contribution in [0.25, 0.3) is 17.0 Å². The molecule has 6 nitrogen and oxygen atoms in total. The third-order valence-corrected chi connectivity index (χ3v) is 4.92. The molecule has 0 aliphatic carbocycles. The molecule has 0 radical (unpaired) electrons. The van der Waals surface area contributed by atoms with E-state index in [4.69, 9.17) is 11.6 Å². The Morgan fingerprint density at radius 1 is 1.37 bits per heavy atom. The summed E-state index contributed by atoms with van der Waals surface area (Å²) in [7, 11) is 0. The number of carbonyl (C=O) groups excluding carboxylic acids is 1. The quantitative estimate of drug-likeness (QED) is 0.636. The molecule has 3 aromatic rings. The molecule has 27 heavy (non-hydrogen) atoms. The van der Waals surface area contributed by atoms with E-state index < -0.39 is 0 Å². The van der Waals surface area contributed by atoms with Crippen LogP contribution in [0.15, 0.2) is 34.4 Å². The summed E-state index contributed by atoms with van der Waals surface area (Å²) >= 11 is 7.53. The number of nitrogens with one attached hydrogen (secondary N) is 1. The smallest absolute Gasteiger partial charge is 0.258 e. The molecule has 0 fully saturated rings. The number of aromatic amines is 1. The van der Waals surface area contributed by atoms with E-state index in [9.17, 15) is 9.59 Å². The maximum absolute atomic E-state index is 12.6. The Bertz CT molecular complexity index is 1060. The van der Waals surface area contributed by atoms with Crippen molar-refractivity contribution < 1.29 is 4.79 Å². The van der Waals surface area contributed by atoms with Gasteiger partial charge in [-0.05, 0) is 37.6 Å². The number of nitrogens with zero attached hydrogens (tertiary/aromatic N) is 3. The van der Waals surface area contributed by atoms with E-state index in [0.717, 1.165) is 17.1 Å². The van der Waals surface area contributed by atoms with Crippen molar-refractivity contribution in [2.24, 2.45) is 0 Å². The highest BCUT2D eigenvalue weighted by atomic mass is 35.5. The topological polar surface area (TPSA) is 79.0 Å². The van der Waals surface area contributed by atoms with Crippen LogP contribution < -0.4 is 5.56 Å². The van der Waals surface area contributed by atoms with E-state index in [-0.39, 0.29) is 18.0 Å². The first-order chi connectivity index (χ1) is 13.0. The number of hydrogen-bond donors (Lipinski definition) is 1. The summed E-state index contributed by atoms with van der Waals surface area (Å²) in [5.41, 5.74) is 1.02. The predicted octanol–water partition coefficient (Wildman–Crippen LogP) is 3.79. The Labute approximate surface area is 165 Å². The first kappa shape index (κ1) is 19.3. The normalized spacial score (nSPS) is 11.4. The minimum absolute atomic E-state index is 0.156. The number of H-pyrrole nitrogens is 1. The molecule has 1 amide bonds. The summed E-state index contributed by atoms with van der Waals surface area (Å²) < 4.78 is 0. The summed E-state index contributed by atoms with van der Waals surface area (Å²) in [5, 5.41) is 3.82. The molecule has 2 heterocycles. The summed E-state index contributed by atoms with van der Waals surface area (Å²) in [5.74, 6) is 0.269. The second-order valence-electron chi connectivity index (χ2n) is 6.06. The second-order valence-corrected chi connectivity index (χ2v) is 7.56. The number of amides is 1. The van der Waals surface area contributed by atoms with Gasteiger partial charge in [0.05, 0.1) is 28.1 Å². The van der Waals surface area contributed by atoms with Gasteiger partial charge >= 0.3 is 0 Å². The molecular weight excluding hydrogens is 384 g/mol. The van der Waals surface area contributed by atoms with Gasteiger partial charge in [0.25, 0.3) is 5.56 Å². The van der Waals surface area contributed by atoms with E-state index in [0.29, 0.717) is 28.3 Å². The number of aromatic nitrogens is 3. The SMILES string of the molecule is CCCN(Cc1nc2cc(Cl)ccc2c(=O)[nH]1)C(=O)/C=C/c1csc(C)n1. The number of hydrogen-bond acceptors (Lipinski definition) is 5. The zero-order valence-electron chi connectivity index (χ0n) is 15.0. The Hall–Kier alpha value is -2.51. The molecule has 8 heteroatoms. The fourth-order valence-corrected chi connectivity index (χ4v) is 3.42. The molecule has 0 unspecified atom stereocenters. The van der Waals surface area contributed by atoms with E-state index in [1.165, 1.54) is 17.4 Å². The van der Waals surface area contributed by atoms with Crippen LogP contribution in [-0.2, 0) is 11.3 Å². The Balaban J connectivity index is 1.83. The summed E-state index contributed by atoms with van der Waals surface area (Å²) in [4.78, 5) is 38.0. The van der Waals surface area contributed by atoms with Crippen LogP contribution in [-0.4, -0.2) is 32.3 Å². The Morgan fingerprint density at radius 2 is 2.19 bits per heavy atom. The average molecular weight is 403 g/mol. The molecule has 0 aliphatic rings.